The van der Waals surface area contributed by atoms with Crippen molar-refractivity contribution in [2.75, 3.05) is 12.9 Å². The van der Waals surface area contributed by atoms with E-state index in [1.807, 2.05) is 43.4 Å². The number of hydrogen-bond donors (Lipinski definition) is 1. The van der Waals surface area contributed by atoms with Gasteiger partial charge in [-0.25, -0.2) is 0 Å². The van der Waals surface area contributed by atoms with Gasteiger partial charge in [0.25, 0.3) is 0 Å². The molecule has 0 aromatic heterocycles. The van der Waals surface area contributed by atoms with Gasteiger partial charge in [0.05, 0.1) is 12.8 Å². The Morgan fingerprint density at radius 2 is 2.10 bits per heavy atom. The molecule has 2 atom stereocenters. The first kappa shape index (κ1) is 21.6. The van der Waals surface area contributed by atoms with Gasteiger partial charge in [-0.05, 0) is 54.4 Å². The first-order valence-electron chi connectivity index (χ1n) is 9.66. The van der Waals surface area contributed by atoms with Crippen molar-refractivity contribution in [3.05, 3.63) is 87.6 Å². The standard InChI is InChI=1S/C24H27NO2S2/c1-4-5-6-7-17(2)15-28-24-14-22-20(16-29-24)12-19(13-23(22)25-26)18-8-10-21(27-3)11-9-18/h4-11,14,16,19,22,26H,2,12-13,15H2,1,3H3/b5-4-,7-6-,25-23+/t19-,22?/m0/s1. The van der Waals surface area contributed by atoms with Gasteiger partial charge in [-0.15, -0.1) is 11.8 Å². The lowest BCUT2D eigenvalue weighted by Gasteiger charge is -2.33. The molecule has 1 aliphatic carbocycles. The van der Waals surface area contributed by atoms with E-state index in [1.54, 1.807) is 30.6 Å². The summed E-state index contributed by atoms with van der Waals surface area (Å²) in [6.07, 6.45) is 12.1. The molecule has 152 valence electrons. The van der Waals surface area contributed by atoms with Crippen LogP contribution < -0.4 is 4.74 Å². The van der Waals surface area contributed by atoms with Gasteiger partial charge >= 0.3 is 0 Å². The second-order valence-corrected chi connectivity index (χ2v) is 9.26. The van der Waals surface area contributed by atoms with Crippen LogP contribution in [-0.4, -0.2) is 23.8 Å². The van der Waals surface area contributed by atoms with Gasteiger partial charge in [0.1, 0.15) is 5.75 Å². The first-order valence-corrected chi connectivity index (χ1v) is 11.5. The first-order chi connectivity index (χ1) is 14.1. The van der Waals surface area contributed by atoms with Crippen molar-refractivity contribution in [1.82, 2.24) is 0 Å². The number of thioether (sulfide) groups is 2. The summed E-state index contributed by atoms with van der Waals surface area (Å²) in [5.74, 6) is 2.14. The Morgan fingerprint density at radius 3 is 2.79 bits per heavy atom. The smallest absolute Gasteiger partial charge is 0.118 e. The minimum atomic E-state index is 0.102. The molecule has 1 unspecified atom stereocenters. The maximum atomic E-state index is 9.67. The molecular weight excluding hydrogens is 398 g/mol. The van der Waals surface area contributed by atoms with E-state index >= 15 is 0 Å². The predicted molar refractivity (Wildman–Crippen MR) is 127 cm³/mol. The molecule has 2 aliphatic rings. The summed E-state index contributed by atoms with van der Waals surface area (Å²) >= 11 is 3.55. The molecule has 1 N–H and O–H groups in total. The summed E-state index contributed by atoms with van der Waals surface area (Å²) in [6, 6.07) is 8.21. The van der Waals surface area contributed by atoms with Gasteiger partial charge in [-0.3, -0.25) is 0 Å². The molecule has 0 bridgehead atoms. The minimum absolute atomic E-state index is 0.102. The number of hydrogen-bond acceptors (Lipinski definition) is 5. The zero-order valence-electron chi connectivity index (χ0n) is 16.9. The quantitative estimate of drug-likeness (QED) is 0.293. The minimum Gasteiger partial charge on any atom is -0.497 e. The van der Waals surface area contributed by atoms with Gasteiger partial charge in [0.15, 0.2) is 0 Å². The van der Waals surface area contributed by atoms with E-state index in [4.69, 9.17) is 4.74 Å². The highest BCUT2D eigenvalue weighted by atomic mass is 32.2. The molecule has 3 rings (SSSR count). The predicted octanol–water partition coefficient (Wildman–Crippen LogP) is 6.91. The maximum Gasteiger partial charge on any atom is 0.118 e. The summed E-state index contributed by atoms with van der Waals surface area (Å²) in [7, 11) is 1.68. The average Bonchev–Trinajstić information content (AvgIpc) is 2.77. The highest BCUT2D eigenvalue weighted by molar-refractivity contribution is 8.23. The highest BCUT2D eigenvalue weighted by Gasteiger charge is 2.33. The van der Waals surface area contributed by atoms with Gasteiger partial charge in [-0.1, -0.05) is 71.6 Å². The number of fused-ring (bicyclic) bond motifs is 1. The molecule has 1 fully saturated rings. The molecule has 1 aromatic carbocycles. The number of allylic oxidation sites excluding steroid dienone is 6. The van der Waals surface area contributed by atoms with Gasteiger partial charge in [0, 0.05) is 15.9 Å². The van der Waals surface area contributed by atoms with E-state index in [-0.39, 0.29) is 5.92 Å². The van der Waals surface area contributed by atoms with Gasteiger partial charge in [0.2, 0.25) is 0 Å². The summed E-state index contributed by atoms with van der Waals surface area (Å²) in [5.41, 5.74) is 4.51. The molecule has 0 radical (unpaired) electrons. The molecule has 1 saturated carbocycles. The molecule has 1 aromatic rings. The van der Waals surface area contributed by atoms with Gasteiger partial charge in [-0.2, -0.15) is 0 Å². The van der Waals surface area contributed by atoms with E-state index < -0.39 is 0 Å². The molecule has 1 aliphatic heterocycles. The molecule has 1 heterocycles. The lowest BCUT2D eigenvalue weighted by atomic mass is 9.74. The van der Waals surface area contributed by atoms with Crippen LogP contribution in [0.4, 0.5) is 0 Å². The molecule has 29 heavy (non-hydrogen) atoms. The molecular formula is C24H27NO2S2. The van der Waals surface area contributed by atoms with Crippen LogP contribution in [0.5, 0.6) is 5.75 Å². The van der Waals surface area contributed by atoms with Crippen LogP contribution in [0.2, 0.25) is 0 Å². The van der Waals surface area contributed by atoms with Crippen LogP contribution in [0.25, 0.3) is 0 Å². The van der Waals surface area contributed by atoms with Crippen LogP contribution in [0.3, 0.4) is 0 Å². The molecule has 5 heteroatoms. The summed E-state index contributed by atoms with van der Waals surface area (Å²) < 4.78 is 6.50. The Hall–Kier alpha value is -2.11. The van der Waals surface area contributed by atoms with Gasteiger partial charge < -0.3 is 9.94 Å². The normalized spacial score (nSPS) is 23.2. The van der Waals surface area contributed by atoms with E-state index in [9.17, 15) is 5.21 Å². The number of oxime groups is 1. The third kappa shape index (κ3) is 5.71. The summed E-state index contributed by atoms with van der Waals surface area (Å²) in [5, 5.41) is 15.6. The summed E-state index contributed by atoms with van der Waals surface area (Å²) in [6.45, 7) is 6.11. The third-order valence-electron chi connectivity index (χ3n) is 5.08. The number of nitrogens with zero attached hydrogens (tertiary/aromatic N) is 1. The Morgan fingerprint density at radius 1 is 1.31 bits per heavy atom. The van der Waals surface area contributed by atoms with Crippen molar-refractivity contribution in [3.63, 3.8) is 0 Å². The monoisotopic (exact) mass is 425 g/mol. The van der Waals surface area contributed by atoms with E-state index in [0.717, 1.165) is 35.6 Å². The zero-order chi connectivity index (χ0) is 20.6. The van der Waals surface area contributed by atoms with Crippen LogP contribution in [0, 0.1) is 5.92 Å². The Bertz CT molecular complexity index is 871. The van der Waals surface area contributed by atoms with Crippen molar-refractivity contribution in [1.29, 1.82) is 0 Å². The average molecular weight is 426 g/mol. The third-order valence-corrected chi connectivity index (χ3v) is 7.44. The fourth-order valence-electron chi connectivity index (χ4n) is 3.52. The van der Waals surface area contributed by atoms with Crippen molar-refractivity contribution >= 4 is 29.2 Å². The van der Waals surface area contributed by atoms with Crippen molar-refractivity contribution in [2.24, 2.45) is 11.1 Å². The number of ether oxygens (including phenoxy) is 1. The fraction of sp³-hybridized carbons (Fsp3) is 0.292. The zero-order valence-corrected chi connectivity index (χ0v) is 18.5. The molecule has 0 amide bonds. The van der Waals surface area contributed by atoms with Crippen molar-refractivity contribution in [2.45, 2.75) is 25.7 Å². The van der Waals surface area contributed by atoms with Crippen LogP contribution >= 0.6 is 23.5 Å². The lowest BCUT2D eigenvalue weighted by molar-refractivity contribution is 0.313. The SMILES string of the molecule is C=C(/C=C\C=C/C)CSC1=CC2C(=CS1)C[C@H](c1ccc(OC)cc1)C/C2=N\O. The van der Waals surface area contributed by atoms with E-state index in [0.29, 0.717) is 5.92 Å². The largest absolute Gasteiger partial charge is 0.497 e. The number of methoxy groups -OCH3 is 1. The second-order valence-electron chi connectivity index (χ2n) is 7.08. The highest BCUT2D eigenvalue weighted by Crippen LogP contribution is 2.46. The Kier molecular flexibility index (Phi) is 7.90. The van der Waals surface area contributed by atoms with Crippen molar-refractivity contribution in [3.8, 4) is 5.75 Å². The molecule has 0 saturated heterocycles. The lowest BCUT2D eigenvalue weighted by Crippen LogP contribution is -2.26. The van der Waals surface area contributed by atoms with Crippen LogP contribution in [-0.2, 0) is 0 Å². The van der Waals surface area contributed by atoms with Crippen LogP contribution in [0.15, 0.2) is 87.2 Å². The van der Waals surface area contributed by atoms with E-state index in [2.05, 4.69) is 35.4 Å². The van der Waals surface area contributed by atoms with Crippen molar-refractivity contribution < 1.29 is 9.94 Å². The number of rotatable bonds is 7. The molecule has 3 nitrogen and oxygen atoms in total. The summed E-state index contributed by atoms with van der Waals surface area (Å²) in [4.78, 5) is 0. The van der Waals surface area contributed by atoms with Crippen LogP contribution in [0.1, 0.15) is 31.2 Å². The second kappa shape index (κ2) is 10.6. The maximum absolute atomic E-state index is 9.67. The fourth-order valence-corrected chi connectivity index (χ4v) is 5.50. The Balaban J connectivity index is 1.66. The topological polar surface area (TPSA) is 41.8 Å². The Labute approximate surface area is 182 Å². The number of benzene rings is 1. The molecule has 0 spiro atoms. The van der Waals surface area contributed by atoms with E-state index in [1.165, 1.54) is 15.4 Å².